The van der Waals surface area contributed by atoms with Crippen molar-refractivity contribution in [2.24, 2.45) is 5.73 Å². The number of aromatic nitrogens is 2. The minimum Gasteiger partial charge on any atom is -0.395 e. The molecule has 1 rings (SSSR count). The zero-order valence-electron chi connectivity index (χ0n) is 10.3. The van der Waals surface area contributed by atoms with Gasteiger partial charge in [-0.05, 0) is 13.8 Å². The topological polar surface area (TPSA) is 136 Å². The average molecular weight is 255 g/mol. The van der Waals surface area contributed by atoms with Crippen LogP contribution in [0.2, 0.25) is 0 Å². The predicted molar refractivity (Wildman–Crippen MR) is 64.6 cm³/mol. The third kappa shape index (κ3) is 2.77. The number of rotatable bonds is 5. The van der Waals surface area contributed by atoms with E-state index in [0.29, 0.717) is 12.2 Å². The van der Waals surface area contributed by atoms with Gasteiger partial charge < -0.3 is 21.9 Å². The third-order valence-corrected chi connectivity index (χ3v) is 2.47. The summed E-state index contributed by atoms with van der Waals surface area (Å²) in [6.45, 7) is 3.73. The number of carbonyl (C=O) groups excluding carboxylic acids is 2. The Labute approximate surface area is 104 Å². The van der Waals surface area contributed by atoms with E-state index in [9.17, 15) is 14.7 Å². The van der Waals surface area contributed by atoms with Crippen LogP contribution in [0.1, 0.15) is 23.1 Å². The van der Waals surface area contributed by atoms with Crippen LogP contribution >= 0.6 is 0 Å². The van der Waals surface area contributed by atoms with Gasteiger partial charge in [0.2, 0.25) is 5.91 Å². The molecule has 0 saturated heterocycles. The van der Waals surface area contributed by atoms with Gasteiger partial charge in [-0.1, -0.05) is 0 Å². The van der Waals surface area contributed by atoms with Crippen molar-refractivity contribution >= 4 is 17.5 Å². The zero-order chi connectivity index (χ0) is 13.9. The van der Waals surface area contributed by atoms with Gasteiger partial charge in [0.15, 0.2) is 0 Å². The highest BCUT2D eigenvalue weighted by Gasteiger charge is 2.20. The third-order valence-electron chi connectivity index (χ3n) is 2.47. The Morgan fingerprint density at radius 1 is 1.56 bits per heavy atom. The Morgan fingerprint density at radius 3 is 2.67 bits per heavy atom. The molecular formula is C10H17N5O3. The van der Waals surface area contributed by atoms with Crippen LogP contribution in [0.5, 0.6) is 0 Å². The second-order valence-electron chi connectivity index (χ2n) is 3.79. The van der Waals surface area contributed by atoms with Crippen molar-refractivity contribution in [1.29, 1.82) is 0 Å². The molecule has 2 amide bonds. The van der Waals surface area contributed by atoms with Crippen LogP contribution in [0.25, 0.3) is 0 Å². The molecule has 0 spiro atoms. The lowest BCUT2D eigenvalue weighted by molar-refractivity contribution is -0.125. The number of aliphatic hydroxyl groups is 1. The molecule has 8 heteroatoms. The van der Waals surface area contributed by atoms with E-state index in [1.54, 1.807) is 6.92 Å². The van der Waals surface area contributed by atoms with Crippen molar-refractivity contribution in [2.45, 2.75) is 26.5 Å². The second kappa shape index (κ2) is 5.50. The fraction of sp³-hybridized carbons (Fsp3) is 0.500. The van der Waals surface area contributed by atoms with E-state index in [4.69, 9.17) is 11.5 Å². The maximum absolute atomic E-state index is 11.9. The number of aryl methyl sites for hydroxylation is 2. The van der Waals surface area contributed by atoms with Crippen LogP contribution in [0.4, 0.5) is 5.69 Å². The quantitative estimate of drug-likeness (QED) is 0.500. The molecule has 0 aliphatic rings. The van der Waals surface area contributed by atoms with Crippen LogP contribution in [0.3, 0.4) is 0 Å². The molecule has 0 aliphatic carbocycles. The Balaban J connectivity index is 2.81. The summed E-state index contributed by atoms with van der Waals surface area (Å²) in [6.07, 6.45) is -1.42. The van der Waals surface area contributed by atoms with Crippen molar-refractivity contribution in [3.8, 4) is 0 Å². The maximum atomic E-state index is 11.9. The molecule has 1 atom stereocenters. The molecule has 6 N–H and O–H groups in total. The van der Waals surface area contributed by atoms with Crippen LogP contribution in [0.15, 0.2) is 0 Å². The van der Waals surface area contributed by atoms with Crippen molar-refractivity contribution in [2.75, 3.05) is 12.3 Å². The minimum absolute atomic E-state index is 0.215. The Hall–Kier alpha value is -2.09. The molecule has 1 unspecified atom stereocenters. The van der Waals surface area contributed by atoms with E-state index in [1.807, 2.05) is 6.92 Å². The highest BCUT2D eigenvalue weighted by Crippen LogP contribution is 2.15. The first kappa shape index (κ1) is 14.0. The van der Waals surface area contributed by atoms with Gasteiger partial charge in [-0.3, -0.25) is 14.3 Å². The molecule has 18 heavy (non-hydrogen) atoms. The molecule has 0 aliphatic heterocycles. The van der Waals surface area contributed by atoms with Crippen molar-refractivity contribution in [3.05, 3.63) is 11.4 Å². The van der Waals surface area contributed by atoms with Gasteiger partial charge in [-0.25, -0.2) is 0 Å². The number of nitrogens with zero attached hydrogens (tertiary/aromatic N) is 2. The van der Waals surface area contributed by atoms with E-state index in [0.717, 1.165) is 0 Å². The number of anilines is 1. The van der Waals surface area contributed by atoms with Gasteiger partial charge in [0.05, 0.1) is 17.9 Å². The van der Waals surface area contributed by atoms with E-state index in [-0.39, 0.29) is 17.9 Å². The summed E-state index contributed by atoms with van der Waals surface area (Å²) in [5.74, 6) is -1.40. The van der Waals surface area contributed by atoms with Crippen LogP contribution in [-0.4, -0.2) is 39.4 Å². The lowest BCUT2D eigenvalue weighted by atomic mass is 10.2. The van der Waals surface area contributed by atoms with E-state index < -0.39 is 17.9 Å². The van der Waals surface area contributed by atoms with E-state index in [1.165, 1.54) is 4.68 Å². The van der Waals surface area contributed by atoms with Gasteiger partial charge in [-0.2, -0.15) is 5.10 Å². The summed E-state index contributed by atoms with van der Waals surface area (Å²) >= 11 is 0. The number of hydrogen-bond acceptors (Lipinski definition) is 5. The first-order valence-corrected chi connectivity index (χ1v) is 5.46. The summed E-state index contributed by atoms with van der Waals surface area (Å²) in [6, 6.07) is 0. The van der Waals surface area contributed by atoms with Crippen LogP contribution in [-0.2, 0) is 11.3 Å². The largest absolute Gasteiger partial charge is 0.395 e. The summed E-state index contributed by atoms with van der Waals surface area (Å²) in [7, 11) is 0. The van der Waals surface area contributed by atoms with E-state index in [2.05, 4.69) is 10.4 Å². The molecule has 8 nitrogen and oxygen atoms in total. The Kier molecular flexibility index (Phi) is 4.27. The number of amides is 2. The van der Waals surface area contributed by atoms with Crippen molar-refractivity contribution in [1.82, 2.24) is 15.1 Å². The summed E-state index contributed by atoms with van der Waals surface area (Å²) in [5.41, 5.74) is 11.7. The molecule has 0 radical (unpaired) electrons. The molecule has 100 valence electrons. The molecule has 1 aromatic heterocycles. The fourth-order valence-electron chi connectivity index (χ4n) is 1.44. The SMILES string of the molecule is CCn1nc(C)c(N)c1C(=O)NCC(O)C(N)=O. The van der Waals surface area contributed by atoms with Gasteiger partial charge in [-0.15, -0.1) is 0 Å². The highest BCUT2D eigenvalue weighted by molar-refractivity contribution is 5.98. The van der Waals surface area contributed by atoms with Gasteiger partial charge >= 0.3 is 0 Å². The van der Waals surface area contributed by atoms with E-state index >= 15 is 0 Å². The van der Waals surface area contributed by atoms with Gasteiger partial charge in [0, 0.05) is 6.54 Å². The number of nitrogen functional groups attached to an aromatic ring is 1. The lowest BCUT2D eigenvalue weighted by Crippen LogP contribution is -2.40. The van der Waals surface area contributed by atoms with Crippen LogP contribution < -0.4 is 16.8 Å². The van der Waals surface area contributed by atoms with Crippen molar-refractivity contribution in [3.63, 3.8) is 0 Å². The number of carbonyl (C=O) groups is 2. The molecule has 1 aromatic rings. The molecular weight excluding hydrogens is 238 g/mol. The van der Waals surface area contributed by atoms with Gasteiger partial charge in [0.1, 0.15) is 11.8 Å². The molecule has 0 saturated carbocycles. The monoisotopic (exact) mass is 255 g/mol. The number of nitrogens with two attached hydrogens (primary N) is 2. The normalized spacial score (nSPS) is 12.2. The standard InChI is InChI=1S/C10H17N5O3/c1-3-15-8(7(11)5(2)14-15)10(18)13-4-6(16)9(12)17/h6,16H,3-4,11H2,1-2H3,(H2,12,17)(H,13,18). The minimum atomic E-state index is -1.42. The number of nitrogens with one attached hydrogen (secondary N) is 1. The smallest absolute Gasteiger partial charge is 0.271 e. The van der Waals surface area contributed by atoms with Crippen molar-refractivity contribution < 1.29 is 14.7 Å². The predicted octanol–water partition coefficient (Wildman–Crippen LogP) is -1.63. The zero-order valence-corrected chi connectivity index (χ0v) is 10.3. The first-order chi connectivity index (χ1) is 8.38. The Bertz CT molecular complexity index is 468. The highest BCUT2D eigenvalue weighted by atomic mass is 16.3. The van der Waals surface area contributed by atoms with Gasteiger partial charge in [0.25, 0.3) is 5.91 Å². The Morgan fingerprint density at radius 2 is 2.17 bits per heavy atom. The molecule has 0 fully saturated rings. The number of primary amides is 1. The maximum Gasteiger partial charge on any atom is 0.271 e. The second-order valence-corrected chi connectivity index (χ2v) is 3.79. The summed E-state index contributed by atoms with van der Waals surface area (Å²) < 4.78 is 1.46. The fourth-order valence-corrected chi connectivity index (χ4v) is 1.44. The summed E-state index contributed by atoms with van der Waals surface area (Å²) in [4.78, 5) is 22.5. The molecule has 0 aromatic carbocycles. The molecule has 1 heterocycles. The number of hydrogen-bond donors (Lipinski definition) is 4. The molecule has 0 bridgehead atoms. The number of aliphatic hydroxyl groups excluding tert-OH is 1. The first-order valence-electron chi connectivity index (χ1n) is 5.46. The summed E-state index contributed by atoms with van der Waals surface area (Å²) in [5, 5.41) is 15.6. The average Bonchev–Trinajstić information content (AvgIpc) is 2.61. The van der Waals surface area contributed by atoms with Crippen LogP contribution in [0, 0.1) is 6.92 Å². The lowest BCUT2D eigenvalue weighted by Gasteiger charge is -2.09.